The number of aryl methyl sites for hydroxylation is 1. The summed E-state index contributed by atoms with van der Waals surface area (Å²) in [7, 11) is 0. The molecule has 1 radical (unpaired) electrons. The van der Waals surface area contributed by atoms with Gasteiger partial charge in [-0.3, -0.25) is 9.59 Å². The van der Waals surface area contributed by atoms with Crippen molar-refractivity contribution in [2.24, 2.45) is 5.73 Å². The van der Waals surface area contributed by atoms with Gasteiger partial charge < -0.3 is 15.6 Å². The van der Waals surface area contributed by atoms with E-state index in [2.05, 4.69) is 16.5 Å². The van der Waals surface area contributed by atoms with Crippen LogP contribution in [0.3, 0.4) is 0 Å². The second kappa shape index (κ2) is 6.01. The van der Waals surface area contributed by atoms with Crippen LogP contribution in [0.4, 0.5) is 0 Å². The average molecular weight is 299 g/mol. The van der Waals surface area contributed by atoms with E-state index in [0.29, 0.717) is 6.54 Å². The molecule has 2 aromatic rings. The van der Waals surface area contributed by atoms with Crippen molar-refractivity contribution in [3.05, 3.63) is 53.6 Å². The zero-order valence-electron chi connectivity index (χ0n) is 12.9. The molecule has 2 rings (SSSR count). The summed E-state index contributed by atoms with van der Waals surface area (Å²) in [4.78, 5) is 27.6. The van der Waals surface area contributed by atoms with Crippen LogP contribution >= 0.6 is 0 Å². The largest absolute Gasteiger partial charge is 0.363 e. The van der Waals surface area contributed by atoms with Crippen LogP contribution in [-0.2, 0) is 16.9 Å². The van der Waals surface area contributed by atoms with Crippen molar-refractivity contribution in [3.8, 4) is 0 Å². The number of carbonyl (C=O) groups excluding carboxylic acids is 2. The standard InChI is InChI=1S/C16H19N4O2/c1-11-6-4-5-7-12(11)10-19-15(22)16(2,3)20-9-8-18-14(20)13(17)21/h4-7,9H,10H2,1-3H3,(H2,17,21)(H,19,22). The number of aromatic nitrogens is 2. The Labute approximate surface area is 129 Å². The Morgan fingerprint density at radius 1 is 1.36 bits per heavy atom. The summed E-state index contributed by atoms with van der Waals surface area (Å²) in [5.74, 6) is -0.915. The van der Waals surface area contributed by atoms with E-state index in [4.69, 9.17) is 5.73 Å². The van der Waals surface area contributed by atoms with Crippen molar-refractivity contribution in [3.63, 3.8) is 0 Å². The van der Waals surface area contributed by atoms with Gasteiger partial charge in [0.2, 0.25) is 5.91 Å². The molecule has 1 heterocycles. The van der Waals surface area contributed by atoms with E-state index < -0.39 is 11.4 Å². The molecule has 0 aliphatic heterocycles. The fourth-order valence-electron chi connectivity index (χ4n) is 2.17. The van der Waals surface area contributed by atoms with Gasteiger partial charge in [-0.1, -0.05) is 24.3 Å². The zero-order valence-corrected chi connectivity index (χ0v) is 12.9. The molecule has 1 aromatic carbocycles. The van der Waals surface area contributed by atoms with Crippen LogP contribution in [0, 0.1) is 13.1 Å². The highest BCUT2D eigenvalue weighted by Gasteiger charge is 2.32. The van der Waals surface area contributed by atoms with E-state index in [1.54, 1.807) is 13.8 Å². The summed E-state index contributed by atoms with van der Waals surface area (Å²) < 4.78 is 1.43. The number of nitrogens with two attached hydrogens (primary N) is 1. The van der Waals surface area contributed by atoms with E-state index in [1.807, 2.05) is 31.2 Å². The van der Waals surface area contributed by atoms with E-state index in [1.165, 1.54) is 10.8 Å². The molecule has 0 aliphatic rings. The molecule has 1 aromatic heterocycles. The van der Waals surface area contributed by atoms with E-state index >= 15 is 0 Å². The van der Waals surface area contributed by atoms with E-state index in [9.17, 15) is 9.59 Å². The predicted molar refractivity (Wildman–Crippen MR) is 81.9 cm³/mol. The maximum Gasteiger partial charge on any atom is 0.284 e. The minimum atomic E-state index is -1.000. The first-order valence-electron chi connectivity index (χ1n) is 6.92. The van der Waals surface area contributed by atoms with Crippen LogP contribution in [0.1, 0.15) is 35.6 Å². The highest BCUT2D eigenvalue weighted by molar-refractivity contribution is 5.91. The smallest absolute Gasteiger partial charge is 0.284 e. The normalized spacial score (nSPS) is 11.2. The molecule has 0 saturated heterocycles. The third-order valence-electron chi connectivity index (χ3n) is 3.66. The molecule has 0 atom stereocenters. The van der Waals surface area contributed by atoms with Crippen molar-refractivity contribution in [2.45, 2.75) is 32.9 Å². The number of hydrogen-bond donors (Lipinski definition) is 2. The fraction of sp³-hybridized carbons (Fsp3) is 0.312. The van der Waals surface area contributed by atoms with Crippen LogP contribution in [-0.4, -0.2) is 21.4 Å². The van der Waals surface area contributed by atoms with Gasteiger partial charge in [-0.25, -0.2) is 4.98 Å². The molecular formula is C16H19N4O2. The number of primary amides is 1. The molecule has 3 N–H and O–H groups in total. The lowest BCUT2D eigenvalue weighted by Gasteiger charge is -2.26. The van der Waals surface area contributed by atoms with Gasteiger partial charge in [-0.2, -0.15) is 0 Å². The van der Waals surface area contributed by atoms with Crippen LogP contribution in [0.25, 0.3) is 0 Å². The van der Waals surface area contributed by atoms with Gasteiger partial charge in [0.25, 0.3) is 5.91 Å². The van der Waals surface area contributed by atoms with Gasteiger partial charge in [0.05, 0.1) is 0 Å². The molecular weight excluding hydrogens is 280 g/mol. The van der Waals surface area contributed by atoms with Crippen LogP contribution in [0.15, 0.2) is 30.5 Å². The lowest BCUT2D eigenvalue weighted by atomic mass is 10.0. The summed E-state index contributed by atoms with van der Waals surface area (Å²) in [5, 5.41) is 2.88. The fourth-order valence-corrected chi connectivity index (χ4v) is 2.17. The highest BCUT2D eigenvalue weighted by Crippen LogP contribution is 2.18. The molecule has 22 heavy (non-hydrogen) atoms. The summed E-state index contributed by atoms with van der Waals surface area (Å²) in [6.45, 7) is 5.80. The van der Waals surface area contributed by atoms with Crippen molar-refractivity contribution < 1.29 is 9.59 Å². The molecule has 0 unspecified atom stereocenters. The molecule has 0 saturated carbocycles. The Morgan fingerprint density at radius 3 is 2.68 bits per heavy atom. The van der Waals surface area contributed by atoms with Crippen LogP contribution in [0.2, 0.25) is 0 Å². The number of benzene rings is 1. The first-order chi connectivity index (χ1) is 10.3. The first-order valence-corrected chi connectivity index (χ1v) is 6.92. The Kier molecular flexibility index (Phi) is 4.30. The van der Waals surface area contributed by atoms with Crippen LogP contribution in [0.5, 0.6) is 0 Å². The highest BCUT2D eigenvalue weighted by atomic mass is 16.2. The summed E-state index contributed by atoms with van der Waals surface area (Å²) in [6, 6.07) is 7.83. The predicted octanol–water partition coefficient (Wildman–Crippen LogP) is 1.14. The number of carbonyl (C=O) groups is 2. The molecule has 0 spiro atoms. The van der Waals surface area contributed by atoms with Gasteiger partial charge in [0.1, 0.15) is 11.7 Å². The van der Waals surface area contributed by atoms with Gasteiger partial charge >= 0.3 is 0 Å². The lowest BCUT2D eigenvalue weighted by molar-refractivity contribution is -0.128. The minimum Gasteiger partial charge on any atom is -0.363 e. The van der Waals surface area contributed by atoms with Crippen molar-refractivity contribution >= 4 is 11.8 Å². The molecule has 0 aliphatic carbocycles. The molecule has 2 amide bonds. The minimum absolute atomic E-state index is 0.0102. The quantitative estimate of drug-likeness (QED) is 0.867. The molecule has 115 valence electrons. The third-order valence-corrected chi connectivity index (χ3v) is 3.66. The van der Waals surface area contributed by atoms with E-state index in [0.717, 1.165) is 11.1 Å². The third kappa shape index (κ3) is 3.00. The van der Waals surface area contributed by atoms with Gasteiger partial charge in [0, 0.05) is 12.7 Å². The van der Waals surface area contributed by atoms with E-state index in [-0.39, 0.29) is 11.7 Å². The number of nitrogens with zero attached hydrogens (tertiary/aromatic N) is 2. The number of rotatable bonds is 5. The maximum atomic E-state index is 12.5. The Bertz CT molecular complexity index is 704. The SMILES string of the molecule is Cc1ccccc1CNC(=O)C(C)(C)n1c[c]nc1C(N)=O. The van der Waals surface area contributed by atoms with Gasteiger partial charge in [-0.05, 0) is 31.9 Å². The van der Waals surface area contributed by atoms with Crippen molar-refractivity contribution in [2.75, 3.05) is 0 Å². The zero-order chi connectivity index (χ0) is 16.3. The Balaban J connectivity index is 2.16. The Morgan fingerprint density at radius 2 is 2.05 bits per heavy atom. The number of imidazole rings is 1. The molecule has 0 fully saturated rings. The van der Waals surface area contributed by atoms with Crippen molar-refractivity contribution in [1.29, 1.82) is 0 Å². The number of nitrogens with one attached hydrogen (secondary N) is 1. The average Bonchev–Trinajstić information content (AvgIpc) is 2.96. The van der Waals surface area contributed by atoms with Gasteiger partial charge in [0.15, 0.2) is 5.82 Å². The Hall–Kier alpha value is -2.63. The van der Waals surface area contributed by atoms with Crippen LogP contribution < -0.4 is 11.1 Å². The monoisotopic (exact) mass is 299 g/mol. The molecule has 6 nitrogen and oxygen atoms in total. The maximum absolute atomic E-state index is 12.5. The topological polar surface area (TPSA) is 90.0 Å². The second-order valence-corrected chi connectivity index (χ2v) is 5.60. The summed E-state index contributed by atoms with van der Waals surface area (Å²) in [5.41, 5.74) is 6.41. The summed E-state index contributed by atoms with van der Waals surface area (Å²) in [6.07, 6.45) is 4.01. The first kappa shape index (κ1) is 15.8. The molecule has 0 bridgehead atoms. The van der Waals surface area contributed by atoms with Crippen molar-refractivity contribution in [1.82, 2.24) is 14.9 Å². The number of amides is 2. The number of hydrogen-bond acceptors (Lipinski definition) is 3. The summed E-state index contributed by atoms with van der Waals surface area (Å²) >= 11 is 0. The second-order valence-electron chi connectivity index (χ2n) is 5.60. The lowest BCUT2D eigenvalue weighted by Crippen LogP contribution is -2.45. The molecule has 6 heteroatoms. The van der Waals surface area contributed by atoms with Gasteiger partial charge in [-0.15, -0.1) is 0 Å².